The van der Waals surface area contributed by atoms with Crippen molar-refractivity contribution < 1.29 is 33.4 Å². The van der Waals surface area contributed by atoms with Gasteiger partial charge in [-0.3, -0.25) is 9.59 Å². The molecule has 3 rings (SSSR count). The SMILES string of the molecule is COC(=O)CN1C(=O)N/C(=C/c2ccc(-c3ccc(C(=O)O)cc3)o2)C1=O. The van der Waals surface area contributed by atoms with Crippen LogP contribution in [0.3, 0.4) is 0 Å². The lowest BCUT2D eigenvalue weighted by atomic mass is 10.1. The van der Waals surface area contributed by atoms with Crippen LogP contribution in [0.1, 0.15) is 16.1 Å². The lowest BCUT2D eigenvalue weighted by Gasteiger charge is -2.08. The maximum absolute atomic E-state index is 12.2. The highest BCUT2D eigenvalue weighted by Crippen LogP contribution is 2.24. The second-order valence-corrected chi connectivity index (χ2v) is 5.54. The molecule has 0 saturated carbocycles. The number of furan rings is 1. The number of esters is 1. The number of amides is 3. The summed E-state index contributed by atoms with van der Waals surface area (Å²) < 4.78 is 10.1. The molecule has 1 saturated heterocycles. The first kappa shape index (κ1) is 17.9. The molecule has 27 heavy (non-hydrogen) atoms. The van der Waals surface area contributed by atoms with Crippen LogP contribution in [0.5, 0.6) is 0 Å². The van der Waals surface area contributed by atoms with Gasteiger partial charge in [0.2, 0.25) is 0 Å². The average molecular weight is 370 g/mol. The third-order valence-corrected chi connectivity index (χ3v) is 3.81. The molecule has 0 unspecified atom stereocenters. The maximum atomic E-state index is 12.2. The van der Waals surface area contributed by atoms with E-state index in [9.17, 15) is 19.2 Å². The van der Waals surface area contributed by atoms with E-state index in [1.807, 2.05) is 0 Å². The number of benzene rings is 1. The van der Waals surface area contributed by atoms with Gasteiger partial charge in [0.1, 0.15) is 23.8 Å². The van der Waals surface area contributed by atoms with Crippen LogP contribution in [-0.4, -0.2) is 47.5 Å². The summed E-state index contributed by atoms with van der Waals surface area (Å²) in [5.74, 6) is -1.66. The van der Waals surface area contributed by atoms with Gasteiger partial charge in [-0.1, -0.05) is 12.1 Å². The largest absolute Gasteiger partial charge is 0.478 e. The molecule has 1 aromatic heterocycles. The summed E-state index contributed by atoms with van der Waals surface area (Å²) >= 11 is 0. The number of aromatic carboxylic acids is 1. The summed E-state index contributed by atoms with van der Waals surface area (Å²) in [6.45, 7) is -0.488. The number of nitrogens with zero attached hydrogens (tertiary/aromatic N) is 1. The maximum Gasteiger partial charge on any atom is 0.335 e. The summed E-state index contributed by atoms with van der Waals surface area (Å²) in [5, 5.41) is 11.3. The molecule has 0 aliphatic carbocycles. The van der Waals surface area contributed by atoms with Crippen molar-refractivity contribution in [1.29, 1.82) is 0 Å². The minimum absolute atomic E-state index is 0.0361. The molecule has 138 valence electrons. The average Bonchev–Trinajstić information content (AvgIpc) is 3.22. The third-order valence-electron chi connectivity index (χ3n) is 3.81. The Balaban J connectivity index is 1.78. The number of carbonyl (C=O) groups excluding carboxylic acids is 3. The van der Waals surface area contributed by atoms with Gasteiger partial charge in [-0.25, -0.2) is 14.5 Å². The van der Waals surface area contributed by atoms with Crippen molar-refractivity contribution in [3.05, 3.63) is 53.4 Å². The van der Waals surface area contributed by atoms with E-state index in [1.54, 1.807) is 24.3 Å². The number of carbonyl (C=O) groups is 4. The fourth-order valence-electron chi connectivity index (χ4n) is 2.41. The van der Waals surface area contributed by atoms with E-state index < -0.39 is 30.4 Å². The molecular formula is C18H14N2O7. The van der Waals surface area contributed by atoms with Gasteiger partial charge in [0.25, 0.3) is 5.91 Å². The molecule has 2 aromatic rings. The first-order valence-corrected chi connectivity index (χ1v) is 7.74. The first-order valence-electron chi connectivity index (χ1n) is 7.74. The molecule has 1 aliphatic heterocycles. The second kappa shape index (κ2) is 7.16. The zero-order valence-corrected chi connectivity index (χ0v) is 14.1. The number of carboxylic acid groups (broad SMARTS) is 1. The Morgan fingerprint density at radius 1 is 1.19 bits per heavy atom. The van der Waals surface area contributed by atoms with Crippen LogP contribution in [0.15, 0.2) is 46.5 Å². The summed E-state index contributed by atoms with van der Waals surface area (Å²) in [4.78, 5) is 46.9. The number of methoxy groups -OCH3 is 1. The van der Waals surface area contributed by atoms with E-state index in [4.69, 9.17) is 9.52 Å². The molecule has 0 bridgehead atoms. The third kappa shape index (κ3) is 3.71. The van der Waals surface area contributed by atoms with E-state index in [0.717, 1.165) is 12.0 Å². The van der Waals surface area contributed by atoms with Gasteiger partial charge in [-0.15, -0.1) is 0 Å². The monoisotopic (exact) mass is 370 g/mol. The number of rotatable bonds is 5. The molecule has 2 N–H and O–H groups in total. The number of ether oxygens (including phenoxy) is 1. The van der Waals surface area contributed by atoms with E-state index in [2.05, 4.69) is 10.1 Å². The number of hydrogen-bond acceptors (Lipinski definition) is 6. The molecule has 1 fully saturated rings. The molecule has 0 radical (unpaired) electrons. The van der Waals surface area contributed by atoms with Gasteiger partial charge in [0.15, 0.2) is 0 Å². The van der Waals surface area contributed by atoms with E-state index in [1.165, 1.54) is 18.2 Å². The smallest absolute Gasteiger partial charge is 0.335 e. The molecule has 1 aromatic carbocycles. The van der Waals surface area contributed by atoms with Gasteiger partial charge in [0, 0.05) is 11.6 Å². The van der Waals surface area contributed by atoms with Crippen molar-refractivity contribution >= 4 is 30.0 Å². The highest BCUT2D eigenvalue weighted by molar-refractivity contribution is 6.15. The van der Waals surface area contributed by atoms with Crippen molar-refractivity contribution in [1.82, 2.24) is 10.2 Å². The van der Waals surface area contributed by atoms with Gasteiger partial charge in [0.05, 0.1) is 12.7 Å². The Morgan fingerprint density at radius 3 is 2.52 bits per heavy atom. The molecule has 9 nitrogen and oxygen atoms in total. The van der Waals surface area contributed by atoms with Crippen molar-refractivity contribution in [2.24, 2.45) is 0 Å². The van der Waals surface area contributed by atoms with Gasteiger partial charge >= 0.3 is 18.0 Å². The summed E-state index contributed by atoms with van der Waals surface area (Å²) in [5.41, 5.74) is 0.766. The Hall–Kier alpha value is -3.88. The minimum atomic E-state index is -1.03. The number of carboxylic acids is 1. The summed E-state index contributed by atoms with van der Waals surface area (Å²) in [6.07, 6.45) is 1.34. The van der Waals surface area contributed by atoms with Crippen LogP contribution >= 0.6 is 0 Å². The zero-order valence-electron chi connectivity index (χ0n) is 14.1. The van der Waals surface area contributed by atoms with Gasteiger partial charge in [-0.05, 0) is 24.3 Å². The number of hydrogen-bond donors (Lipinski definition) is 2. The topological polar surface area (TPSA) is 126 Å². The van der Waals surface area contributed by atoms with Crippen molar-refractivity contribution in [3.63, 3.8) is 0 Å². The number of imide groups is 1. The Morgan fingerprint density at radius 2 is 1.89 bits per heavy atom. The van der Waals surface area contributed by atoms with Crippen molar-refractivity contribution in [3.8, 4) is 11.3 Å². The van der Waals surface area contributed by atoms with Crippen molar-refractivity contribution in [2.45, 2.75) is 0 Å². The molecule has 0 atom stereocenters. The van der Waals surface area contributed by atoms with E-state index in [0.29, 0.717) is 17.1 Å². The Labute approximate surface area is 152 Å². The molecule has 2 heterocycles. The molecule has 3 amide bonds. The Bertz CT molecular complexity index is 956. The highest BCUT2D eigenvalue weighted by Gasteiger charge is 2.35. The van der Waals surface area contributed by atoms with Gasteiger partial charge in [-0.2, -0.15) is 0 Å². The zero-order chi connectivity index (χ0) is 19.6. The van der Waals surface area contributed by atoms with Gasteiger partial charge < -0.3 is 19.6 Å². The van der Waals surface area contributed by atoms with E-state index in [-0.39, 0.29) is 11.3 Å². The molecule has 1 aliphatic rings. The molecule has 0 spiro atoms. The predicted molar refractivity (Wildman–Crippen MR) is 91.3 cm³/mol. The van der Waals surface area contributed by atoms with Crippen LogP contribution in [-0.2, 0) is 14.3 Å². The number of nitrogens with one attached hydrogen (secondary N) is 1. The minimum Gasteiger partial charge on any atom is -0.478 e. The standard InChI is InChI=1S/C18H14N2O7/c1-26-15(21)9-20-16(22)13(19-18(20)25)8-12-6-7-14(27-12)10-2-4-11(5-3-10)17(23)24/h2-8H,9H2,1H3,(H,19,25)(H,23,24)/b13-8+. The fraction of sp³-hybridized carbons (Fsp3) is 0.111. The second-order valence-electron chi connectivity index (χ2n) is 5.54. The normalized spacial score (nSPS) is 15.1. The van der Waals surface area contributed by atoms with E-state index >= 15 is 0 Å². The number of urea groups is 1. The Kier molecular flexibility index (Phi) is 4.75. The molecule has 9 heteroatoms. The summed E-state index contributed by atoms with van der Waals surface area (Å²) in [7, 11) is 1.16. The lowest BCUT2D eigenvalue weighted by molar-refractivity contribution is -0.143. The summed E-state index contributed by atoms with van der Waals surface area (Å²) in [6, 6.07) is 8.60. The fourth-order valence-corrected chi connectivity index (χ4v) is 2.41. The van der Waals surface area contributed by atoms with Crippen molar-refractivity contribution in [2.75, 3.05) is 13.7 Å². The van der Waals surface area contributed by atoms with Crippen LogP contribution in [0.25, 0.3) is 17.4 Å². The first-order chi connectivity index (χ1) is 12.9. The highest BCUT2D eigenvalue weighted by atomic mass is 16.5. The molecular weight excluding hydrogens is 356 g/mol. The quantitative estimate of drug-likeness (QED) is 0.466. The van der Waals surface area contributed by atoms with Crippen LogP contribution < -0.4 is 5.32 Å². The van der Waals surface area contributed by atoms with Crippen LogP contribution in [0.4, 0.5) is 4.79 Å². The predicted octanol–water partition coefficient (Wildman–Crippen LogP) is 1.71. The van der Waals surface area contributed by atoms with Crippen LogP contribution in [0.2, 0.25) is 0 Å². The lowest BCUT2D eigenvalue weighted by Crippen LogP contribution is -2.36. The van der Waals surface area contributed by atoms with Crippen LogP contribution in [0, 0.1) is 0 Å².